The summed E-state index contributed by atoms with van der Waals surface area (Å²) in [5.41, 5.74) is 5.50. The normalized spacial score (nSPS) is 18.8. The van der Waals surface area contributed by atoms with Crippen molar-refractivity contribution in [1.29, 1.82) is 0 Å². The van der Waals surface area contributed by atoms with Crippen LogP contribution in [-0.4, -0.2) is 32.2 Å². The summed E-state index contributed by atoms with van der Waals surface area (Å²) in [6.07, 6.45) is 2.61. The first-order valence-corrected chi connectivity index (χ1v) is 4.28. The van der Waals surface area contributed by atoms with Gasteiger partial charge >= 0.3 is 5.97 Å². The minimum atomic E-state index is -0.520. The zero-order valence-corrected chi connectivity index (χ0v) is 7.38. The van der Waals surface area contributed by atoms with Gasteiger partial charge in [-0.3, -0.25) is 4.79 Å². The number of esters is 1. The maximum Gasteiger partial charge on any atom is 0.323 e. The van der Waals surface area contributed by atoms with Crippen LogP contribution in [0.4, 0.5) is 0 Å². The van der Waals surface area contributed by atoms with E-state index in [-0.39, 0.29) is 5.97 Å². The molecule has 0 aromatic rings. The van der Waals surface area contributed by atoms with Gasteiger partial charge in [-0.25, -0.2) is 0 Å². The highest BCUT2D eigenvalue weighted by Crippen LogP contribution is 2.27. The highest BCUT2D eigenvalue weighted by molar-refractivity contribution is 5.75. The number of nitrogens with one attached hydrogen (secondary N) is 1. The molecule has 0 heterocycles. The molecular weight excluding hydrogens is 156 g/mol. The summed E-state index contributed by atoms with van der Waals surface area (Å²) in [4.78, 5) is 10.8. The molecule has 0 bridgehead atoms. The molecule has 1 atom stereocenters. The number of hydrogen-bond acceptors (Lipinski definition) is 4. The number of rotatable bonds is 5. The van der Waals surface area contributed by atoms with Gasteiger partial charge in [-0.2, -0.15) is 0 Å². The monoisotopic (exact) mass is 172 g/mol. The van der Waals surface area contributed by atoms with Gasteiger partial charge in [-0.15, -0.1) is 0 Å². The van der Waals surface area contributed by atoms with Crippen LogP contribution in [0, 0.1) is 5.92 Å². The summed E-state index contributed by atoms with van der Waals surface area (Å²) in [6.45, 7) is 1.49. The third kappa shape index (κ3) is 3.19. The molecule has 1 aliphatic rings. The van der Waals surface area contributed by atoms with Gasteiger partial charge in [-0.05, 0) is 25.3 Å². The van der Waals surface area contributed by atoms with E-state index in [1.54, 1.807) is 0 Å². The third-order valence-corrected chi connectivity index (χ3v) is 2.00. The smallest absolute Gasteiger partial charge is 0.323 e. The van der Waals surface area contributed by atoms with Crippen molar-refractivity contribution >= 4 is 5.97 Å². The van der Waals surface area contributed by atoms with E-state index in [1.807, 2.05) is 0 Å². The van der Waals surface area contributed by atoms with E-state index in [9.17, 15) is 4.79 Å². The summed E-state index contributed by atoms with van der Waals surface area (Å²) in [5.74, 6) is 0.466. The number of nitrogens with two attached hydrogens (primary N) is 1. The topological polar surface area (TPSA) is 64.3 Å². The van der Waals surface area contributed by atoms with Crippen LogP contribution < -0.4 is 11.1 Å². The zero-order valence-electron chi connectivity index (χ0n) is 7.38. The molecule has 1 rings (SSSR count). The van der Waals surface area contributed by atoms with E-state index >= 15 is 0 Å². The lowest BCUT2D eigenvalue weighted by Gasteiger charge is -2.09. The van der Waals surface area contributed by atoms with Crippen molar-refractivity contribution in [3.05, 3.63) is 0 Å². The molecule has 0 radical (unpaired) electrons. The van der Waals surface area contributed by atoms with Crippen molar-refractivity contribution in [1.82, 2.24) is 5.32 Å². The molecule has 1 fully saturated rings. The second kappa shape index (κ2) is 4.42. The summed E-state index contributed by atoms with van der Waals surface area (Å²) in [6, 6.07) is -0.520. The standard InChI is InChI=1S/C8H16N2O2/c1-12-8(11)7(9)5-10-4-6-2-3-6/h6-7,10H,2-5,9H2,1H3. The van der Waals surface area contributed by atoms with E-state index in [4.69, 9.17) is 5.73 Å². The quantitative estimate of drug-likeness (QED) is 0.548. The second-order valence-corrected chi connectivity index (χ2v) is 3.23. The Bertz CT molecular complexity index is 157. The van der Waals surface area contributed by atoms with Gasteiger partial charge in [0.2, 0.25) is 0 Å². The SMILES string of the molecule is COC(=O)C(N)CNCC1CC1. The van der Waals surface area contributed by atoms with E-state index in [0.29, 0.717) is 6.54 Å². The fraction of sp³-hybridized carbons (Fsp3) is 0.875. The Balaban J connectivity index is 2.00. The lowest BCUT2D eigenvalue weighted by atomic mass is 10.3. The number of carbonyl (C=O) groups is 1. The summed E-state index contributed by atoms with van der Waals surface area (Å²) >= 11 is 0. The average molecular weight is 172 g/mol. The molecule has 1 unspecified atom stereocenters. The Kier molecular flexibility index (Phi) is 3.49. The maximum absolute atomic E-state index is 10.8. The van der Waals surface area contributed by atoms with Gasteiger partial charge < -0.3 is 15.8 Å². The van der Waals surface area contributed by atoms with Crippen LogP contribution in [0.1, 0.15) is 12.8 Å². The maximum atomic E-state index is 10.8. The molecule has 3 N–H and O–H groups in total. The molecule has 4 heteroatoms. The minimum absolute atomic E-state index is 0.349. The van der Waals surface area contributed by atoms with Gasteiger partial charge in [-0.1, -0.05) is 0 Å². The Hall–Kier alpha value is -0.610. The predicted octanol–water partition coefficient (Wildman–Crippen LogP) is -0.514. The van der Waals surface area contributed by atoms with Crippen LogP contribution in [0.5, 0.6) is 0 Å². The first-order chi connectivity index (χ1) is 5.74. The number of ether oxygens (including phenoxy) is 1. The van der Waals surface area contributed by atoms with E-state index < -0.39 is 6.04 Å². The van der Waals surface area contributed by atoms with Gasteiger partial charge in [0, 0.05) is 6.54 Å². The highest BCUT2D eigenvalue weighted by Gasteiger charge is 2.21. The van der Waals surface area contributed by atoms with Crippen LogP contribution in [0.15, 0.2) is 0 Å². The molecule has 0 saturated heterocycles. The first kappa shape index (κ1) is 9.48. The highest BCUT2D eigenvalue weighted by atomic mass is 16.5. The summed E-state index contributed by atoms with van der Waals surface area (Å²) in [7, 11) is 1.35. The van der Waals surface area contributed by atoms with E-state index in [1.165, 1.54) is 20.0 Å². The van der Waals surface area contributed by atoms with Gasteiger partial charge in [0.05, 0.1) is 7.11 Å². The van der Waals surface area contributed by atoms with Crippen molar-refractivity contribution in [3.8, 4) is 0 Å². The first-order valence-electron chi connectivity index (χ1n) is 4.28. The van der Waals surface area contributed by atoms with E-state index in [2.05, 4.69) is 10.1 Å². The third-order valence-electron chi connectivity index (χ3n) is 2.00. The minimum Gasteiger partial charge on any atom is -0.468 e. The van der Waals surface area contributed by atoms with Gasteiger partial charge in [0.25, 0.3) is 0 Å². The fourth-order valence-corrected chi connectivity index (χ4v) is 1.000. The number of methoxy groups -OCH3 is 1. The van der Waals surface area contributed by atoms with Crippen LogP contribution in [0.3, 0.4) is 0 Å². The molecule has 0 aromatic heterocycles. The van der Waals surface area contributed by atoms with Crippen molar-refractivity contribution in [3.63, 3.8) is 0 Å². The summed E-state index contributed by atoms with van der Waals surface area (Å²) < 4.78 is 4.48. The average Bonchev–Trinajstić information content (AvgIpc) is 2.86. The summed E-state index contributed by atoms with van der Waals surface area (Å²) in [5, 5.41) is 3.14. The van der Waals surface area contributed by atoms with Crippen molar-refractivity contribution in [2.75, 3.05) is 20.2 Å². The molecule has 12 heavy (non-hydrogen) atoms. The lowest BCUT2D eigenvalue weighted by Crippen LogP contribution is -2.41. The Morgan fingerprint density at radius 2 is 2.42 bits per heavy atom. The van der Waals surface area contributed by atoms with E-state index in [0.717, 1.165) is 12.5 Å². The van der Waals surface area contributed by atoms with Gasteiger partial charge in [0.15, 0.2) is 0 Å². The molecule has 0 aromatic carbocycles. The number of carbonyl (C=O) groups excluding carboxylic acids is 1. The van der Waals surface area contributed by atoms with Crippen molar-refractivity contribution in [2.45, 2.75) is 18.9 Å². The molecule has 70 valence electrons. The van der Waals surface area contributed by atoms with Crippen molar-refractivity contribution < 1.29 is 9.53 Å². The lowest BCUT2D eigenvalue weighted by molar-refractivity contribution is -0.142. The molecule has 1 aliphatic carbocycles. The Labute approximate surface area is 72.5 Å². The molecule has 0 spiro atoms. The largest absolute Gasteiger partial charge is 0.468 e. The second-order valence-electron chi connectivity index (χ2n) is 3.23. The number of hydrogen-bond donors (Lipinski definition) is 2. The van der Waals surface area contributed by atoms with Crippen LogP contribution in [0.2, 0.25) is 0 Å². The molecule has 4 nitrogen and oxygen atoms in total. The fourth-order valence-electron chi connectivity index (χ4n) is 1.000. The van der Waals surface area contributed by atoms with Gasteiger partial charge in [0.1, 0.15) is 6.04 Å². The molecule has 1 saturated carbocycles. The van der Waals surface area contributed by atoms with Crippen LogP contribution in [-0.2, 0) is 9.53 Å². The molecule has 0 aliphatic heterocycles. The zero-order chi connectivity index (χ0) is 8.97. The molecular formula is C8H16N2O2. The van der Waals surface area contributed by atoms with Crippen LogP contribution in [0.25, 0.3) is 0 Å². The van der Waals surface area contributed by atoms with Crippen molar-refractivity contribution in [2.24, 2.45) is 11.7 Å². The van der Waals surface area contributed by atoms with Crippen LogP contribution >= 0.6 is 0 Å². The molecule has 0 amide bonds. The Morgan fingerprint density at radius 3 is 2.92 bits per heavy atom. The Morgan fingerprint density at radius 1 is 1.75 bits per heavy atom. The predicted molar refractivity (Wildman–Crippen MR) is 45.6 cm³/mol.